The largest absolute Gasteiger partial charge is 0.367 e. The zero-order valence-corrected chi connectivity index (χ0v) is 11.2. The number of rotatable bonds is 6. The van der Waals surface area contributed by atoms with Crippen molar-refractivity contribution in [3.8, 4) is 6.07 Å². The van der Waals surface area contributed by atoms with Crippen LogP contribution in [0.25, 0.3) is 0 Å². The van der Waals surface area contributed by atoms with E-state index in [0.29, 0.717) is 18.5 Å². The Morgan fingerprint density at radius 3 is 2.78 bits per heavy atom. The highest BCUT2D eigenvalue weighted by atomic mass is 15.2. The molecule has 96 valence electrons. The van der Waals surface area contributed by atoms with Gasteiger partial charge in [-0.15, -0.1) is 0 Å². The predicted octanol–water partition coefficient (Wildman–Crippen LogP) is 2.85. The number of nitrogens with one attached hydrogen (secondary N) is 1. The second kappa shape index (κ2) is 5.88. The molecule has 1 atom stereocenters. The van der Waals surface area contributed by atoms with Crippen molar-refractivity contribution in [2.45, 2.75) is 38.3 Å². The van der Waals surface area contributed by atoms with Crippen LogP contribution in [0.3, 0.4) is 0 Å². The average Bonchev–Trinajstić information content (AvgIpc) is 3.23. The van der Waals surface area contributed by atoms with Crippen LogP contribution in [-0.2, 0) is 0 Å². The molecule has 1 fully saturated rings. The van der Waals surface area contributed by atoms with Crippen LogP contribution in [0.2, 0.25) is 0 Å². The molecule has 1 unspecified atom stereocenters. The third-order valence-corrected chi connectivity index (χ3v) is 3.60. The monoisotopic (exact) mass is 243 g/mol. The highest BCUT2D eigenvalue weighted by Crippen LogP contribution is 2.35. The first-order valence-corrected chi connectivity index (χ1v) is 6.67. The van der Waals surface area contributed by atoms with E-state index in [0.717, 1.165) is 6.54 Å². The van der Waals surface area contributed by atoms with Crippen LogP contribution in [0.5, 0.6) is 0 Å². The van der Waals surface area contributed by atoms with Gasteiger partial charge in [0.2, 0.25) is 0 Å². The molecule has 1 aliphatic rings. The van der Waals surface area contributed by atoms with Gasteiger partial charge in [0.1, 0.15) is 0 Å². The minimum Gasteiger partial charge on any atom is -0.367 e. The fourth-order valence-corrected chi connectivity index (χ4v) is 2.33. The van der Waals surface area contributed by atoms with Crippen molar-refractivity contribution < 1.29 is 0 Å². The van der Waals surface area contributed by atoms with Crippen molar-refractivity contribution in [3.63, 3.8) is 0 Å². The maximum absolute atomic E-state index is 8.80. The van der Waals surface area contributed by atoms with E-state index < -0.39 is 0 Å². The topological polar surface area (TPSA) is 39.1 Å². The normalized spacial score (nSPS) is 16.1. The summed E-state index contributed by atoms with van der Waals surface area (Å²) in [6, 6.07) is 11.8. The summed E-state index contributed by atoms with van der Waals surface area (Å²) in [4.78, 5) is 2.41. The number of nitrogens with zero attached hydrogens (tertiary/aromatic N) is 2. The number of benzene rings is 1. The number of hydrogen-bond acceptors (Lipinski definition) is 3. The van der Waals surface area contributed by atoms with E-state index in [2.05, 4.69) is 47.5 Å². The Labute approximate surface area is 109 Å². The SMILES string of the molecule is CNC(C)c1ccccc1N(CCC#N)C1CC1. The summed E-state index contributed by atoms with van der Waals surface area (Å²) in [5, 5.41) is 12.1. The molecule has 0 bridgehead atoms. The number of anilines is 1. The van der Waals surface area contributed by atoms with Gasteiger partial charge >= 0.3 is 0 Å². The molecule has 3 nitrogen and oxygen atoms in total. The van der Waals surface area contributed by atoms with Crippen LogP contribution in [-0.4, -0.2) is 19.6 Å². The van der Waals surface area contributed by atoms with Gasteiger partial charge in [0.05, 0.1) is 12.5 Å². The molecule has 0 saturated heterocycles. The second-order valence-corrected chi connectivity index (χ2v) is 4.90. The summed E-state index contributed by atoms with van der Waals surface area (Å²) in [7, 11) is 1.98. The van der Waals surface area contributed by atoms with Crippen molar-refractivity contribution in [1.29, 1.82) is 5.26 Å². The Morgan fingerprint density at radius 2 is 2.17 bits per heavy atom. The smallest absolute Gasteiger partial charge is 0.0640 e. The lowest BCUT2D eigenvalue weighted by Crippen LogP contribution is -2.29. The van der Waals surface area contributed by atoms with Gasteiger partial charge in [-0.2, -0.15) is 5.26 Å². The minimum atomic E-state index is 0.338. The van der Waals surface area contributed by atoms with Gasteiger partial charge in [-0.25, -0.2) is 0 Å². The van der Waals surface area contributed by atoms with Crippen molar-refractivity contribution in [2.24, 2.45) is 0 Å². The molecule has 0 aromatic heterocycles. The highest BCUT2D eigenvalue weighted by molar-refractivity contribution is 5.56. The van der Waals surface area contributed by atoms with E-state index in [1.807, 2.05) is 7.05 Å². The van der Waals surface area contributed by atoms with Crippen LogP contribution >= 0.6 is 0 Å². The van der Waals surface area contributed by atoms with Crippen LogP contribution < -0.4 is 10.2 Å². The number of hydrogen-bond donors (Lipinski definition) is 1. The summed E-state index contributed by atoms with van der Waals surface area (Å²) in [6.07, 6.45) is 3.11. The van der Waals surface area contributed by atoms with E-state index in [1.54, 1.807) is 0 Å². The molecular weight excluding hydrogens is 222 g/mol. The number of nitriles is 1. The van der Waals surface area contributed by atoms with Crippen LogP contribution in [0.15, 0.2) is 24.3 Å². The summed E-state index contributed by atoms with van der Waals surface area (Å²) < 4.78 is 0. The Balaban J connectivity index is 2.26. The fraction of sp³-hybridized carbons (Fsp3) is 0.533. The zero-order chi connectivity index (χ0) is 13.0. The Kier molecular flexibility index (Phi) is 4.22. The summed E-state index contributed by atoms with van der Waals surface area (Å²) in [5.74, 6) is 0. The average molecular weight is 243 g/mol. The summed E-state index contributed by atoms with van der Waals surface area (Å²) in [6.45, 7) is 3.02. The molecule has 0 amide bonds. The van der Waals surface area contributed by atoms with E-state index >= 15 is 0 Å². The first-order valence-electron chi connectivity index (χ1n) is 6.67. The molecule has 1 aromatic carbocycles. The van der Waals surface area contributed by atoms with E-state index in [-0.39, 0.29) is 0 Å². The Morgan fingerprint density at radius 1 is 1.44 bits per heavy atom. The van der Waals surface area contributed by atoms with Gasteiger partial charge < -0.3 is 10.2 Å². The van der Waals surface area contributed by atoms with Gasteiger partial charge in [0.15, 0.2) is 0 Å². The van der Waals surface area contributed by atoms with Gasteiger partial charge in [-0.3, -0.25) is 0 Å². The molecule has 1 aliphatic carbocycles. The lowest BCUT2D eigenvalue weighted by molar-refractivity contribution is 0.646. The first-order chi connectivity index (χ1) is 8.77. The van der Waals surface area contributed by atoms with Crippen LogP contribution in [0.4, 0.5) is 5.69 Å². The quantitative estimate of drug-likeness (QED) is 0.835. The molecule has 0 radical (unpaired) electrons. The Hall–Kier alpha value is -1.53. The van der Waals surface area contributed by atoms with Crippen molar-refractivity contribution >= 4 is 5.69 Å². The molecule has 1 saturated carbocycles. The minimum absolute atomic E-state index is 0.338. The molecule has 0 spiro atoms. The Bertz CT molecular complexity index is 432. The standard InChI is InChI=1S/C15H21N3/c1-12(17-2)14-6-3-4-7-15(14)18(11-5-10-16)13-8-9-13/h3-4,6-7,12-13,17H,5,8-9,11H2,1-2H3. The first kappa shape index (κ1) is 12.9. The molecule has 18 heavy (non-hydrogen) atoms. The summed E-state index contributed by atoms with van der Waals surface area (Å²) in [5.41, 5.74) is 2.61. The van der Waals surface area contributed by atoms with Crippen LogP contribution in [0, 0.1) is 11.3 Å². The maximum Gasteiger partial charge on any atom is 0.0640 e. The lowest BCUT2D eigenvalue weighted by atomic mass is 10.0. The molecule has 1 aromatic rings. The van der Waals surface area contributed by atoms with Crippen molar-refractivity contribution in [3.05, 3.63) is 29.8 Å². The van der Waals surface area contributed by atoms with E-state index in [9.17, 15) is 0 Å². The molecule has 2 rings (SSSR count). The molecule has 0 aliphatic heterocycles. The van der Waals surface area contributed by atoms with Gasteiger partial charge in [0, 0.05) is 24.3 Å². The molecule has 1 N–H and O–H groups in total. The third-order valence-electron chi connectivity index (χ3n) is 3.60. The second-order valence-electron chi connectivity index (χ2n) is 4.90. The van der Waals surface area contributed by atoms with Crippen molar-refractivity contribution in [2.75, 3.05) is 18.5 Å². The molecule has 3 heteroatoms. The molecular formula is C15H21N3. The van der Waals surface area contributed by atoms with Crippen molar-refractivity contribution in [1.82, 2.24) is 5.32 Å². The summed E-state index contributed by atoms with van der Waals surface area (Å²) >= 11 is 0. The third kappa shape index (κ3) is 2.83. The predicted molar refractivity (Wildman–Crippen MR) is 74.5 cm³/mol. The maximum atomic E-state index is 8.80. The van der Waals surface area contributed by atoms with Gasteiger partial charge in [-0.1, -0.05) is 18.2 Å². The zero-order valence-electron chi connectivity index (χ0n) is 11.2. The van der Waals surface area contributed by atoms with E-state index in [4.69, 9.17) is 5.26 Å². The number of para-hydroxylation sites is 1. The molecule has 0 heterocycles. The van der Waals surface area contributed by atoms with E-state index in [1.165, 1.54) is 24.1 Å². The highest BCUT2D eigenvalue weighted by Gasteiger charge is 2.30. The fourth-order valence-electron chi connectivity index (χ4n) is 2.33. The van der Waals surface area contributed by atoms with Crippen LogP contribution in [0.1, 0.15) is 37.8 Å². The van der Waals surface area contributed by atoms with Gasteiger partial charge in [-0.05, 0) is 38.4 Å². The van der Waals surface area contributed by atoms with Gasteiger partial charge in [0.25, 0.3) is 0 Å². The lowest BCUT2D eigenvalue weighted by Gasteiger charge is -2.28.